The number of halogens is 1. The van der Waals surface area contributed by atoms with Crippen LogP contribution >= 0.6 is 11.6 Å². The van der Waals surface area contributed by atoms with Gasteiger partial charge in [-0.3, -0.25) is 5.32 Å². The fourth-order valence-corrected chi connectivity index (χ4v) is 3.76. The summed E-state index contributed by atoms with van der Waals surface area (Å²) in [5, 5.41) is 13.9. The Hall–Kier alpha value is -2.28. The number of hydrogen-bond donors (Lipinski definition) is 1. The Kier molecular flexibility index (Phi) is 5.89. The van der Waals surface area contributed by atoms with E-state index in [1.54, 1.807) is 0 Å². The highest BCUT2D eigenvalue weighted by atomic mass is 35.5. The summed E-state index contributed by atoms with van der Waals surface area (Å²) >= 11 is 6.05. The summed E-state index contributed by atoms with van der Waals surface area (Å²) < 4.78 is 5.89. The van der Waals surface area contributed by atoms with Crippen LogP contribution in [-0.2, 0) is 0 Å². The maximum absolute atomic E-state index is 9.65. The van der Waals surface area contributed by atoms with E-state index in [0.29, 0.717) is 11.8 Å². The van der Waals surface area contributed by atoms with Crippen LogP contribution in [0.25, 0.3) is 0 Å². The molecule has 2 aromatic rings. The van der Waals surface area contributed by atoms with E-state index < -0.39 is 0 Å². The third-order valence-electron chi connectivity index (χ3n) is 5.39. The highest BCUT2D eigenvalue weighted by molar-refractivity contribution is 6.29. The largest absolute Gasteiger partial charge is 0.457 e. The molecule has 1 aliphatic carbocycles. The molecule has 0 aromatic heterocycles. The molecule has 0 bridgehead atoms. The van der Waals surface area contributed by atoms with E-state index in [0.717, 1.165) is 28.6 Å². The summed E-state index contributed by atoms with van der Waals surface area (Å²) in [6.45, 7) is 7.18. The molecule has 0 amide bonds. The van der Waals surface area contributed by atoms with Crippen LogP contribution in [0.2, 0.25) is 0 Å². The summed E-state index contributed by atoms with van der Waals surface area (Å²) in [5.74, 6) is 2.44. The summed E-state index contributed by atoms with van der Waals surface area (Å²) in [7, 11) is 0. The quantitative estimate of drug-likeness (QED) is 0.636. The molecule has 3 atom stereocenters. The number of ether oxygens (including phenoxy) is 1. The number of nitrogens with one attached hydrogen (secondary N) is 1. The number of rotatable bonds is 7. The normalized spacial score (nSPS) is 22.0. The zero-order valence-corrected chi connectivity index (χ0v) is 16.7. The van der Waals surface area contributed by atoms with E-state index in [1.807, 2.05) is 61.5 Å². The van der Waals surface area contributed by atoms with Gasteiger partial charge in [0.25, 0.3) is 0 Å². The minimum absolute atomic E-state index is 0.210. The van der Waals surface area contributed by atoms with Crippen molar-refractivity contribution in [3.8, 4) is 17.6 Å². The zero-order valence-electron chi connectivity index (χ0n) is 15.9. The Morgan fingerprint density at radius 3 is 2.59 bits per heavy atom. The van der Waals surface area contributed by atoms with Gasteiger partial charge in [-0.1, -0.05) is 61.9 Å². The molecule has 0 radical (unpaired) electrons. The number of hydrogen-bond acceptors (Lipinski definition) is 3. The van der Waals surface area contributed by atoms with Crippen molar-refractivity contribution >= 4 is 11.6 Å². The van der Waals surface area contributed by atoms with Crippen molar-refractivity contribution in [1.29, 1.82) is 5.26 Å². The summed E-state index contributed by atoms with van der Waals surface area (Å²) in [6.07, 6.45) is 2.13. The van der Waals surface area contributed by atoms with Crippen molar-refractivity contribution in [1.82, 2.24) is 5.32 Å². The standard InChI is InChI=1S/C23H25ClN2O/c1-16(24)12-20-21(23(20,2)3)15-26-22(14-25)17-8-7-11-19(13-17)27-18-9-5-4-6-10-18/h4-13,20-22,26H,15H2,1-3H3/b16-12-. The summed E-state index contributed by atoms with van der Waals surface area (Å²) in [4.78, 5) is 0. The third kappa shape index (κ3) is 4.71. The first-order chi connectivity index (χ1) is 12.9. The first-order valence-corrected chi connectivity index (χ1v) is 9.59. The lowest BCUT2D eigenvalue weighted by Gasteiger charge is -2.14. The van der Waals surface area contributed by atoms with Crippen LogP contribution in [0.15, 0.2) is 65.7 Å². The molecule has 0 aliphatic heterocycles. The predicted molar refractivity (Wildman–Crippen MR) is 110 cm³/mol. The van der Waals surface area contributed by atoms with Gasteiger partial charge >= 0.3 is 0 Å². The Morgan fingerprint density at radius 1 is 1.22 bits per heavy atom. The molecular weight excluding hydrogens is 356 g/mol. The van der Waals surface area contributed by atoms with Gasteiger partial charge in [0, 0.05) is 11.6 Å². The van der Waals surface area contributed by atoms with E-state index in [9.17, 15) is 5.26 Å². The highest BCUT2D eigenvalue weighted by Gasteiger charge is 2.55. The maximum atomic E-state index is 9.65. The Bertz CT molecular complexity index is 850. The number of allylic oxidation sites excluding steroid dienone is 2. The van der Waals surface area contributed by atoms with Crippen molar-refractivity contribution in [2.45, 2.75) is 26.8 Å². The lowest BCUT2D eigenvalue weighted by atomic mass is 10.1. The molecule has 1 saturated carbocycles. The molecule has 0 heterocycles. The van der Waals surface area contributed by atoms with Crippen LogP contribution in [0.1, 0.15) is 32.4 Å². The maximum Gasteiger partial charge on any atom is 0.127 e. The monoisotopic (exact) mass is 380 g/mol. The summed E-state index contributed by atoms with van der Waals surface area (Å²) in [6, 6.07) is 19.3. The average Bonchev–Trinajstić information content (AvgIpc) is 3.15. The topological polar surface area (TPSA) is 45.0 Å². The number of nitrogens with zero attached hydrogens (tertiary/aromatic N) is 1. The molecule has 2 aromatic carbocycles. The van der Waals surface area contributed by atoms with Crippen LogP contribution in [0, 0.1) is 28.6 Å². The fourth-order valence-electron chi connectivity index (χ4n) is 3.62. The molecule has 140 valence electrons. The van der Waals surface area contributed by atoms with Crippen LogP contribution in [-0.4, -0.2) is 6.54 Å². The van der Waals surface area contributed by atoms with E-state index in [2.05, 4.69) is 31.3 Å². The first kappa shape index (κ1) is 19.5. The van der Waals surface area contributed by atoms with Crippen LogP contribution in [0.3, 0.4) is 0 Å². The average molecular weight is 381 g/mol. The van der Waals surface area contributed by atoms with Crippen LogP contribution < -0.4 is 10.1 Å². The number of nitriles is 1. The van der Waals surface area contributed by atoms with Crippen LogP contribution in [0.5, 0.6) is 11.5 Å². The fraction of sp³-hybridized carbons (Fsp3) is 0.348. The second-order valence-electron chi connectivity index (χ2n) is 7.67. The second kappa shape index (κ2) is 8.17. The van der Waals surface area contributed by atoms with E-state index in [-0.39, 0.29) is 11.5 Å². The molecule has 1 aliphatic rings. The Morgan fingerprint density at radius 2 is 1.93 bits per heavy atom. The molecule has 3 rings (SSSR count). The molecule has 0 spiro atoms. The van der Waals surface area contributed by atoms with Gasteiger partial charge in [-0.25, -0.2) is 0 Å². The minimum Gasteiger partial charge on any atom is -0.457 e. The van der Waals surface area contributed by atoms with E-state index in [1.165, 1.54) is 0 Å². The van der Waals surface area contributed by atoms with E-state index >= 15 is 0 Å². The van der Waals surface area contributed by atoms with Gasteiger partial charge in [-0.15, -0.1) is 0 Å². The molecule has 4 heteroatoms. The smallest absolute Gasteiger partial charge is 0.127 e. The first-order valence-electron chi connectivity index (χ1n) is 9.21. The van der Waals surface area contributed by atoms with Gasteiger partial charge in [-0.05, 0) is 54.0 Å². The van der Waals surface area contributed by atoms with Gasteiger partial charge < -0.3 is 4.74 Å². The van der Waals surface area contributed by atoms with Gasteiger partial charge in [0.15, 0.2) is 0 Å². The van der Waals surface area contributed by atoms with Crippen LogP contribution in [0.4, 0.5) is 0 Å². The molecule has 0 saturated heterocycles. The molecule has 3 unspecified atom stereocenters. The van der Waals surface area contributed by atoms with Gasteiger partial charge in [0.05, 0.1) is 6.07 Å². The lowest BCUT2D eigenvalue weighted by molar-refractivity contribution is 0.478. The van der Waals surface area contributed by atoms with Crippen molar-refractivity contribution in [2.24, 2.45) is 17.3 Å². The number of benzene rings is 2. The molecule has 27 heavy (non-hydrogen) atoms. The Labute approximate surface area is 166 Å². The van der Waals surface area contributed by atoms with Crippen molar-refractivity contribution in [3.63, 3.8) is 0 Å². The van der Waals surface area contributed by atoms with Gasteiger partial charge in [-0.2, -0.15) is 5.26 Å². The van der Waals surface area contributed by atoms with Gasteiger partial charge in [0.2, 0.25) is 0 Å². The van der Waals surface area contributed by atoms with Crippen molar-refractivity contribution in [3.05, 3.63) is 71.3 Å². The van der Waals surface area contributed by atoms with Gasteiger partial charge in [0.1, 0.15) is 17.5 Å². The molecule has 1 fully saturated rings. The SMILES string of the molecule is C/C(Cl)=C/C1C(CNC(C#N)c2cccc(Oc3ccccc3)c2)C1(C)C. The second-order valence-corrected chi connectivity index (χ2v) is 8.26. The minimum atomic E-state index is -0.373. The molecular formula is C23H25ClN2O. The van der Waals surface area contributed by atoms with E-state index in [4.69, 9.17) is 16.3 Å². The number of para-hydroxylation sites is 1. The summed E-state index contributed by atoms with van der Waals surface area (Å²) in [5.41, 5.74) is 1.12. The lowest BCUT2D eigenvalue weighted by Crippen LogP contribution is -2.23. The van der Waals surface area contributed by atoms with Crippen molar-refractivity contribution in [2.75, 3.05) is 6.54 Å². The molecule has 3 nitrogen and oxygen atoms in total. The predicted octanol–water partition coefficient (Wildman–Crippen LogP) is 6.05. The zero-order chi connectivity index (χ0) is 19.4. The van der Waals surface area contributed by atoms with Crippen molar-refractivity contribution < 1.29 is 4.74 Å². The third-order valence-corrected chi connectivity index (χ3v) is 5.52. The highest BCUT2D eigenvalue weighted by Crippen LogP contribution is 2.59. The Balaban J connectivity index is 1.65. The molecule has 1 N–H and O–H groups in total.